The Bertz CT molecular complexity index is 774. The first-order valence-corrected chi connectivity index (χ1v) is 7.22. The predicted octanol–water partition coefficient (Wildman–Crippen LogP) is 3.05. The van der Waals surface area contributed by atoms with Crippen molar-refractivity contribution >= 4 is 23.3 Å². The van der Waals surface area contributed by atoms with Crippen molar-refractivity contribution in [3.05, 3.63) is 69.8 Å². The fourth-order valence-electron chi connectivity index (χ4n) is 2.28. The Labute approximate surface area is 138 Å². The van der Waals surface area contributed by atoms with Gasteiger partial charge in [-0.15, -0.1) is 0 Å². The van der Waals surface area contributed by atoms with Gasteiger partial charge in [0.2, 0.25) is 0 Å². The van der Waals surface area contributed by atoms with E-state index in [2.05, 4.69) is 4.74 Å². The lowest BCUT2D eigenvalue weighted by molar-refractivity contribution is -0.384. The monoisotopic (exact) mass is 328 g/mol. The van der Waals surface area contributed by atoms with E-state index in [0.717, 1.165) is 12.1 Å². The third-order valence-electron chi connectivity index (χ3n) is 3.43. The molecule has 7 heteroatoms. The fourth-order valence-corrected chi connectivity index (χ4v) is 2.28. The Kier molecular flexibility index (Phi) is 5.26. The van der Waals surface area contributed by atoms with Crippen molar-refractivity contribution in [3.8, 4) is 0 Å². The van der Waals surface area contributed by atoms with Crippen molar-refractivity contribution in [1.29, 1.82) is 0 Å². The maximum Gasteiger partial charge on any atom is 0.338 e. The van der Waals surface area contributed by atoms with Gasteiger partial charge in [0.1, 0.15) is 0 Å². The molecule has 0 fully saturated rings. The van der Waals surface area contributed by atoms with Crippen LogP contribution in [0.15, 0.2) is 48.5 Å². The zero-order valence-electron chi connectivity index (χ0n) is 13.3. The molecule has 0 saturated carbocycles. The lowest BCUT2D eigenvalue weighted by Crippen LogP contribution is -2.30. The van der Waals surface area contributed by atoms with Crippen molar-refractivity contribution in [2.24, 2.45) is 0 Å². The van der Waals surface area contributed by atoms with E-state index in [-0.39, 0.29) is 16.8 Å². The zero-order valence-corrected chi connectivity index (χ0v) is 13.3. The highest BCUT2D eigenvalue weighted by Gasteiger charge is 2.22. The van der Waals surface area contributed by atoms with Crippen LogP contribution < -0.4 is 4.90 Å². The number of rotatable bonds is 5. The zero-order chi connectivity index (χ0) is 17.7. The molecule has 1 amide bonds. The van der Waals surface area contributed by atoms with E-state index in [1.165, 1.54) is 18.1 Å². The lowest BCUT2D eigenvalue weighted by Gasteiger charge is -2.21. The number of benzene rings is 2. The first-order chi connectivity index (χ1) is 11.5. The van der Waals surface area contributed by atoms with Gasteiger partial charge >= 0.3 is 5.97 Å². The van der Waals surface area contributed by atoms with Crippen LogP contribution in [0.4, 0.5) is 11.4 Å². The summed E-state index contributed by atoms with van der Waals surface area (Å²) in [5.74, 6) is -1.17. The molecule has 0 aliphatic heterocycles. The number of esters is 1. The van der Waals surface area contributed by atoms with Crippen LogP contribution in [-0.4, -0.2) is 30.5 Å². The average Bonchev–Trinajstić information content (AvgIpc) is 2.62. The molecule has 0 saturated heterocycles. The Morgan fingerprint density at radius 3 is 2.29 bits per heavy atom. The van der Waals surface area contributed by atoms with Crippen LogP contribution in [0.1, 0.15) is 27.6 Å². The van der Waals surface area contributed by atoms with Gasteiger partial charge in [-0.2, -0.15) is 0 Å². The van der Waals surface area contributed by atoms with Gasteiger partial charge in [0.05, 0.1) is 17.6 Å². The predicted molar refractivity (Wildman–Crippen MR) is 88.2 cm³/mol. The highest BCUT2D eigenvalue weighted by atomic mass is 16.6. The standard InChI is InChI=1S/C17H16N2O5/c1-3-18(14-7-5-4-6-8-14)16(20)12-9-13(17(21)24-2)11-15(10-12)19(22)23/h4-11H,3H2,1-2H3. The molecule has 0 atom stereocenters. The highest BCUT2D eigenvalue weighted by molar-refractivity contribution is 6.07. The minimum absolute atomic E-state index is 0.0424. The number of nitrogens with zero attached hydrogens (tertiary/aromatic N) is 2. The molecule has 0 N–H and O–H groups in total. The van der Waals surface area contributed by atoms with Gasteiger partial charge in [0.25, 0.3) is 11.6 Å². The van der Waals surface area contributed by atoms with Crippen LogP contribution in [0, 0.1) is 10.1 Å². The molecule has 0 bridgehead atoms. The fraction of sp³-hybridized carbons (Fsp3) is 0.176. The normalized spacial score (nSPS) is 10.1. The molecule has 0 aromatic heterocycles. The number of nitro benzene ring substituents is 1. The minimum atomic E-state index is -0.740. The van der Waals surface area contributed by atoms with E-state index in [0.29, 0.717) is 12.2 Å². The summed E-state index contributed by atoms with van der Waals surface area (Å²) in [5.41, 5.74) is 0.330. The van der Waals surface area contributed by atoms with Crippen LogP contribution in [0.2, 0.25) is 0 Å². The van der Waals surface area contributed by atoms with E-state index in [4.69, 9.17) is 0 Å². The van der Waals surface area contributed by atoms with Crippen LogP contribution >= 0.6 is 0 Å². The third-order valence-corrected chi connectivity index (χ3v) is 3.43. The SMILES string of the molecule is CCN(C(=O)c1cc(C(=O)OC)cc([N+](=O)[O-])c1)c1ccccc1. The molecule has 24 heavy (non-hydrogen) atoms. The summed E-state index contributed by atoms with van der Waals surface area (Å²) >= 11 is 0. The van der Waals surface area contributed by atoms with Crippen molar-refractivity contribution in [1.82, 2.24) is 0 Å². The van der Waals surface area contributed by atoms with Crippen LogP contribution in [0.5, 0.6) is 0 Å². The van der Waals surface area contributed by atoms with Gasteiger partial charge in [0, 0.05) is 29.9 Å². The number of anilines is 1. The second-order valence-electron chi connectivity index (χ2n) is 4.90. The van der Waals surface area contributed by atoms with Gasteiger partial charge in [0.15, 0.2) is 0 Å². The maximum absolute atomic E-state index is 12.8. The number of non-ortho nitro benzene ring substituents is 1. The van der Waals surface area contributed by atoms with E-state index in [1.807, 2.05) is 6.07 Å². The molecule has 2 aromatic carbocycles. The summed E-state index contributed by atoms with van der Waals surface area (Å²) in [4.78, 5) is 36.4. The Hall–Kier alpha value is -3.22. The number of hydrogen-bond donors (Lipinski definition) is 0. The van der Waals surface area contributed by atoms with Gasteiger partial charge in [-0.3, -0.25) is 14.9 Å². The molecule has 7 nitrogen and oxygen atoms in total. The number of amides is 1. The Morgan fingerprint density at radius 2 is 1.75 bits per heavy atom. The van der Waals surface area contributed by atoms with E-state index >= 15 is 0 Å². The second-order valence-corrected chi connectivity index (χ2v) is 4.90. The van der Waals surface area contributed by atoms with Crippen molar-refractivity contribution < 1.29 is 19.2 Å². The first-order valence-electron chi connectivity index (χ1n) is 7.22. The third kappa shape index (κ3) is 3.57. The summed E-state index contributed by atoms with van der Waals surface area (Å²) in [5, 5.41) is 11.1. The number of nitro groups is 1. The largest absolute Gasteiger partial charge is 0.465 e. The number of para-hydroxylation sites is 1. The van der Waals surface area contributed by atoms with Gasteiger partial charge < -0.3 is 9.64 Å². The quantitative estimate of drug-likeness (QED) is 0.478. The van der Waals surface area contributed by atoms with Crippen LogP contribution in [0.3, 0.4) is 0 Å². The molecule has 0 aliphatic carbocycles. The molecule has 2 rings (SSSR count). The van der Waals surface area contributed by atoms with E-state index < -0.39 is 16.8 Å². The summed E-state index contributed by atoms with van der Waals surface area (Å²) in [6.45, 7) is 2.17. The van der Waals surface area contributed by atoms with E-state index in [9.17, 15) is 19.7 Å². The summed E-state index contributed by atoms with van der Waals surface area (Å²) < 4.78 is 4.59. The molecule has 0 heterocycles. The molecule has 0 aliphatic rings. The number of methoxy groups -OCH3 is 1. The Balaban J connectivity index is 2.49. The second kappa shape index (κ2) is 7.36. The van der Waals surface area contributed by atoms with Crippen molar-refractivity contribution in [3.63, 3.8) is 0 Å². The molecule has 0 spiro atoms. The average molecular weight is 328 g/mol. The van der Waals surface area contributed by atoms with Crippen molar-refractivity contribution in [2.45, 2.75) is 6.92 Å². The maximum atomic E-state index is 12.8. The summed E-state index contributed by atoms with van der Waals surface area (Å²) in [7, 11) is 1.17. The topological polar surface area (TPSA) is 89.8 Å². The van der Waals surface area contributed by atoms with Crippen LogP contribution in [-0.2, 0) is 4.74 Å². The van der Waals surface area contributed by atoms with Gasteiger partial charge in [-0.05, 0) is 25.1 Å². The number of carbonyl (C=O) groups excluding carboxylic acids is 2. The smallest absolute Gasteiger partial charge is 0.338 e. The van der Waals surface area contributed by atoms with Gasteiger partial charge in [-0.1, -0.05) is 18.2 Å². The summed E-state index contributed by atoms with van der Waals surface area (Å²) in [6.07, 6.45) is 0. The Morgan fingerprint density at radius 1 is 1.12 bits per heavy atom. The number of carbonyl (C=O) groups is 2. The first kappa shape index (κ1) is 17.1. The van der Waals surface area contributed by atoms with E-state index in [1.54, 1.807) is 31.2 Å². The molecule has 124 valence electrons. The molecular weight excluding hydrogens is 312 g/mol. The molecule has 0 radical (unpaired) electrons. The highest BCUT2D eigenvalue weighted by Crippen LogP contribution is 2.22. The van der Waals surface area contributed by atoms with Crippen LogP contribution in [0.25, 0.3) is 0 Å². The molecule has 2 aromatic rings. The lowest BCUT2D eigenvalue weighted by atomic mass is 10.1. The number of hydrogen-bond acceptors (Lipinski definition) is 5. The summed E-state index contributed by atoms with van der Waals surface area (Å²) in [6, 6.07) is 12.5. The minimum Gasteiger partial charge on any atom is -0.465 e. The van der Waals surface area contributed by atoms with Crippen molar-refractivity contribution in [2.75, 3.05) is 18.6 Å². The van der Waals surface area contributed by atoms with Gasteiger partial charge in [-0.25, -0.2) is 4.79 Å². The molecule has 0 unspecified atom stereocenters. The molecular formula is C17H16N2O5. The number of ether oxygens (including phenoxy) is 1.